The highest BCUT2D eigenvalue weighted by Gasteiger charge is 2.06. The van der Waals surface area contributed by atoms with Crippen molar-refractivity contribution in [1.82, 2.24) is 10.2 Å². The molecule has 6 heteroatoms. The lowest BCUT2D eigenvalue weighted by atomic mass is 10.6. The van der Waals surface area contributed by atoms with Crippen molar-refractivity contribution in [2.24, 2.45) is 0 Å². The van der Waals surface area contributed by atoms with Gasteiger partial charge in [-0.05, 0) is 15.9 Å². The molecule has 1 rings (SSSR count). The number of nitrogens with one attached hydrogen (secondary N) is 1. The second-order valence-corrected chi connectivity index (χ2v) is 2.98. The fourth-order valence-electron chi connectivity index (χ4n) is 0.388. The Morgan fingerprint density at radius 1 is 1.40 bits per heavy atom. The third kappa shape index (κ3) is 1.33. The van der Waals surface area contributed by atoms with Crippen LogP contribution in [-0.4, -0.2) is 10.2 Å². The zero-order valence-electron chi connectivity index (χ0n) is 4.49. The van der Waals surface area contributed by atoms with Crippen LogP contribution >= 0.6 is 39.1 Å². The molecule has 0 saturated carbocycles. The van der Waals surface area contributed by atoms with E-state index in [-0.39, 0.29) is 10.0 Å². The van der Waals surface area contributed by atoms with Crippen LogP contribution in [0.25, 0.3) is 0 Å². The molecule has 54 valence electrons. The van der Waals surface area contributed by atoms with Crippen LogP contribution in [0.2, 0.25) is 10.0 Å². The molecular formula is C4HBrCl2N2O. The Morgan fingerprint density at radius 3 is 2.50 bits per heavy atom. The number of aromatic nitrogens is 2. The molecule has 0 radical (unpaired) electrons. The van der Waals surface area contributed by atoms with Gasteiger partial charge in [0.15, 0.2) is 0 Å². The molecule has 0 aliphatic heterocycles. The summed E-state index contributed by atoms with van der Waals surface area (Å²) in [6, 6.07) is 0. The van der Waals surface area contributed by atoms with E-state index < -0.39 is 5.56 Å². The fourth-order valence-corrected chi connectivity index (χ4v) is 1.05. The number of aromatic amines is 1. The van der Waals surface area contributed by atoms with Crippen LogP contribution < -0.4 is 5.56 Å². The van der Waals surface area contributed by atoms with Gasteiger partial charge in [0.2, 0.25) is 0 Å². The number of rotatable bonds is 0. The monoisotopic (exact) mass is 242 g/mol. The Balaban J connectivity index is 3.49. The third-order valence-corrected chi connectivity index (χ3v) is 2.46. The van der Waals surface area contributed by atoms with E-state index >= 15 is 0 Å². The summed E-state index contributed by atoms with van der Waals surface area (Å²) in [5, 5.41) is 5.72. The van der Waals surface area contributed by atoms with E-state index in [1.165, 1.54) is 0 Å². The van der Waals surface area contributed by atoms with Crippen molar-refractivity contribution >= 4 is 39.1 Å². The van der Waals surface area contributed by atoms with Gasteiger partial charge in [-0.3, -0.25) is 4.79 Å². The van der Waals surface area contributed by atoms with Crippen LogP contribution in [0.4, 0.5) is 0 Å². The smallest absolute Gasteiger partial charge is 0.266 e. The molecule has 0 aliphatic carbocycles. The topological polar surface area (TPSA) is 45.8 Å². The minimum Gasteiger partial charge on any atom is -0.266 e. The van der Waals surface area contributed by atoms with Gasteiger partial charge in [0.05, 0.1) is 5.02 Å². The van der Waals surface area contributed by atoms with E-state index in [0.717, 1.165) is 0 Å². The molecule has 0 bridgehead atoms. The highest BCUT2D eigenvalue weighted by molar-refractivity contribution is 9.10. The molecule has 0 fully saturated rings. The van der Waals surface area contributed by atoms with Crippen molar-refractivity contribution in [2.75, 3.05) is 0 Å². The lowest BCUT2D eigenvalue weighted by Crippen LogP contribution is -2.08. The molecule has 0 amide bonds. The lowest BCUT2D eigenvalue weighted by Gasteiger charge is -1.93. The molecule has 0 saturated heterocycles. The Morgan fingerprint density at radius 2 is 2.00 bits per heavy atom. The summed E-state index contributed by atoms with van der Waals surface area (Å²) in [4.78, 5) is 10.6. The average Bonchev–Trinajstić information content (AvgIpc) is 1.93. The highest BCUT2D eigenvalue weighted by Crippen LogP contribution is 2.23. The summed E-state index contributed by atoms with van der Waals surface area (Å²) < 4.78 is 0.332. The summed E-state index contributed by atoms with van der Waals surface area (Å²) in [6.07, 6.45) is 0. The molecule has 3 nitrogen and oxygen atoms in total. The SMILES string of the molecule is O=c1[nH]nc(Br)c(Cl)c1Cl. The van der Waals surface area contributed by atoms with Gasteiger partial charge in [0, 0.05) is 0 Å². The lowest BCUT2D eigenvalue weighted by molar-refractivity contribution is 0.966. The van der Waals surface area contributed by atoms with E-state index in [1.54, 1.807) is 0 Å². The maximum atomic E-state index is 10.6. The fraction of sp³-hybridized carbons (Fsp3) is 0. The quantitative estimate of drug-likeness (QED) is 0.756. The summed E-state index contributed by atoms with van der Waals surface area (Å²) in [5.74, 6) is 0. The molecule has 0 spiro atoms. The van der Waals surface area contributed by atoms with Crippen LogP contribution in [0.5, 0.6) is 0 Å². The maximum Gasteiger partial charge on any atom is 0.284 e. The van der Waals surface area contributed by atoms with Crippen LogP contribution in [0.3, 0.4) is 0 Å². The third-order valence-electron chi connectivity index (χ3n) is 0.829. The van der Waals surface area contributed by atoms with Crippen molar-refractivity contribution < 1.29 is 0 Å². The molecule has 1 N–H and O–H groups in total. The number of hydrogen-bond acceptors (Lipinski definition) is 2. The first-order chi connectivity index (χ1) is 4.63. The van der Waals surface area contributed by atoms with Crippen molar-refractivity contribution in [1.29, 1.82) is 0 Å². The highest BCUT2D eigenvalue weighted by atomic mass is 79.9. The Bertz CT molecular complexity index is 311. The van der Waals surface area contributed by atoms with E-state index in [0.29, 0.717) is 4.60 Å². The number of halogens is 3. The zero-order valence-corrected chi connectivity index (χ0v) is 7.59. The molecule has 0 aromatic carbocycles. The normalized spacial score (nSPS) is 9.90. The maximum absolute atomic E-state index is 10.6. The van der Waals surface area contributed by atoms with Crippen LogP contribution in [0.1, 0.15) is 0 Å². The summed E-state index contributed by atoms with van der Waals surface area (Å²) in [5.41, 5.74) is -0.491. The van der Waals surface area contributed by atoms with Gasteiger partial charge in [-0.15, -0.1) is 0 Å². The van der Waals surface area contributed by atoms with Gasteiger partial charge >= 0.3 is 0 Å². The second-order valence-electron chi connectivity index (χ2n) is 1.47. The van der Waals surface area contributed by atoms with Crippen LogP contribution in [-0.2, 0) is 0 Å². The van der Waals surface area contributed by atoms with Gasteiger partial charge in [0.1, 0.15) is 9.63 Å². The van der Waals surface area contributed by atoms with E-state index in [1.807, 2.05) is 0 Å². The minimum atomic E-state index is -0.491. The molecule has 1 aromatic rings. The molecule has 1 heterocycles. The van der Waals surface area contributed by atoms with Gasteiger partial charge in [0.25, 0.3) is 5.56 Å². The van der Waals surface area contributed by atoms with E-state index in [9.17, 15) is 4.79 Å². The first kappa shape index (κ1) is 8.04. The van der Waals surface area contributed by atoms with Crippen LogP contribution in [0.15, 0.2) is 9.40 Å². The molecular weight excluding hydrogens is 243 g/mol. The predicted molar refractivity (Wildman–Crippen MR) is 42.6 cm³/mol. The number of hydrogen-bond donors (Lipinski definition) is 1. The van der Waals surface area contributed by atoms with Crippen molar-refractivity contribution in [3.05, 3.63) is 25.0 Å². The predicted octanol–water partition coefficient (Wildman–Crippen LogP) is 1.84. The summed E-state index contributed by atoms with van der Waals surface area (Å²) >= 11 is 13.9. The zero-order chi connectivity index (χ0) is 7.72. The minimum absolute atomic E-state index is 0.0523. The molecule has 10 heavy (non-hydrogen) atoms. The molecule has 0 unspecified atom stereocenters. The van der Waals surface area contributed by atoms with Gasteiger partial charge in [-0.1, -0.05) is 23.2 Å². The Kier molecular flexibility index (Phi) is 2.33. The molecule has 0 atom stereocenters. The Labute approximate surface area is 74.5 Å². The van der Waals surface area contributed by atoms with Crippen LogP contribution in [0, 0.1) is 0 Å². The second kappa shape index (κ2) is 2.90. The van der Waals surface area contributed by atoms with Gasteiger partial charge in [-0.25, -0.2) is 5.10 Å². The molecule has 0 aliphatic rings. The van der Waals surface area contributed by atoms with Crippen molar-refractivity contribution in [3.8, 4) is 0 Å². The summed E-state index contributed by atoms with van der Waals surface area (Å²) in [7, 11) is 0. The van der Waals surface area contributed by atoms with Crippen molar-refractivity contribution in [2.45, 2.75) is 0 Å². The number of H-pyrrole nitrogens is 1. The van der Waals surface area contributed by atoms with E-state index in [4.69, 9.17) is 23.2 Å². The Hall–Kier alpha value is -0.0600. The average molecular weight is 244 g/mol. The van der Waals surface area contributed by atoms with E-state index in [2.05, 4.69) is 26.1 Å². The first-order valence-corrected chi connectivity index (χ1v) is 3.77. The summed E-state index contributed by atoms with van der Waals surface area (Å²) in [6.45, 7) is 0. The first-order valence-electron chi connectivity index (χ1n) is 2.22. The largest absolute Gasteiger partial charge is 0.284 e. The molecule has 1 aromatic heterocycles. The van der Waals surface area contributed by atoms with Crippen molar-refractivity contribution in [3.63, 3.8) is 0 Å². The van der Waals surface area contributed by atoms with Gasteiger partial charge < -0.3 is 0 Å². The number of nitrogens with zero attached hydrogens (tertiary/aromatic N) is 1. The standard InChI is InChI=1S/C4HBrCl2N2O/c5-3-1(6)2(7)4(10)9-8-3/h(H,9,10). The van der Waals surface area contributed by atoms with Gasteiger partial charge in [-0.2, -0.15) is 5.10 Å².